The fourth-order valence-electron chi connectivity index (χ4n) is 1.71. The van der Waals surface area contributed by atoms with Crippen LogP contribution in [0, 0.1) is 0 Å². The molecule has 3 nitrogen and oxygen atoms in total. The van der Waals surface area contributed by atoms with Gasteiger partial charge < -0.3 is 15.4 Å². The molecule has 4 heteroatoms. The minimum atomic E-state index is -0.197. The van der Waals surface area contributed by atoms with Crippen molar-refractivity contribution in [1.82, 2.24) is 5.32 Å². The molecule has 0 saturated heterocycles. The van der Waals surface area contributed by atoms with E-state index in [1.165, 1.54) is 0 Å². The number of carbonyl (C=O) groups is 1. The van der Waals surface area contributed by atoms with Gasteiger partial charge in [0.1, 0.15) is 0 Å². The zero-order valence-corrected chi connectivity index (χ0v) is 16.2. The third kappa shape index (κ3) is 4.56. The summed E-state index contributed by atoms with van der Waals surface area (Å²) in [7, 11) is 0. The van der Waals surface area contributed by atoms with Crippen LogP contribution in [0.5, 0.6) is 0 Å². The van der Waals surface area contributed by atoms with Crippen LogP contribution in [0.3, 0.4) is 0 Å². The predicted molar refractivity (Wildman–Crippen MR) is 66.8 cm³/mol. The molecule has 17 heavy (non-hydrogen) atoms. The monoisotopic (exact) mass is 304 g/mol. The second kappa shape index (κ2) is 8.54. The summed E-state index contributed by atoms with van der Waals surface area (Å²) in [5.41, 5.74) is 1.88. The third-order valence-electron chi connectivity index (χ3n) is 2.50. The second-order valence-corrected chi connectivity index (χ2v) is 3.62. The van der Waals surface area contributed by atoms with Crippen LogP contribution in [0.4, 0.5) is 5.69 Å². The number of benzene rings is 1. The maximum atomic E-state index is 11.5. The minimum absolute atomic E-state index is 0. The Morgan fingerprint density at radius 3 is 2.35 bits per heavy atom. The Bertz CT molecular complexity index is 368. The number of hydrogen-bond donors (Lipinski definition) is 1. The predicted octanol–water partition coefficient (Wildman–Crippen LogP) is 0.301. The average Bonchev–Trinajstić information content (AvgIpc) is 2.41. The molecule has 1 N–H and O–H groups in total. The van der Waals surface area contributed by atoms with Gasteiger partial charge in [-0.25, -0.2) is 0 Å². The van der Waals surface area contributed by atoms with Gasteiger partial charge in [0.05, 0.1) is 5.91 Å². The maximum absolute atomic E-state index is 11.5. The Kier molecular flexibility index (Phi) is 8.77. The van der Waals surface area contributed by atoms with Crippen LogP contribution in [0.25, 0.3) is 5.32 Å². The van der Waals surface area contributed by atoms with Crippen molar-refractivity contribution in [3.8, 4) is 0 Å². The number of fused-ring (bicyclic) bond motifs is 1. The van der Waals surface area contributed by atoms with E-state index in [1.807, 2.05) is 52.0 Å². The molecule has 0 radical (unpaired) electrons. The summed E-state index contributed by atoms with van der Waals surface area (Å²) in [4.78, 5) is 11.5. The summed E-state index contributed by atoms with van der Waals surface area (Å²) in [6.07, 6.45) is 0. The molecule has 0 spiro atoms. The summed E-state index contributed by atoms with van der Waals surface area (Å²) in [5, 5.41) is 7.27. The first-order chi connectivity index (χ1) is 7.68. The van der Waals surface area contributed by atoms with Crippen LogP contribution in [0.2, 0.25) is 0 Å². The van der Waals surface area contributed by atoms with E-state index in [2.05, 4.69) is 10.6 Å². The zero-order chi connectivity index (χ0) is 12.1. The Morgan fingerprint density at radius 1 is 1.12 bits per heavy atom. The maximum Gasteiger partial charge on any atom is 1.00 e. The van der Waals surface area contributed by atoms with Gasteiger partial charge in [-0.3, -0.25) is 0 Å². The van der Waals surface area contributed by atoms with Crippen molar-refractivity contribution in [3.63, 3.8) is 0 Å². The number of rotatable bonds is 0. The van der Waals surface area contributed by atoms with Gasteiger partial charge in [0.25, 0.3) is 0 Å². The first kappa shape index (κ1) is 17.5. The molecule has 0 aromatic heterocycles. The Labute approximate surface area is 153 Å². The van der Waals surface area contributed by atoms with Crippen LogP contribution in [0.1, 0.15) is 39.3 Å². The number of carbonyl (C=O) groups excluding carboxylic acids is 1. The topological polar surface area (TPSA) is 43.2 Å². The standard InChI is InChI=1S/C11H14N2O.C2H6.Rb/c1-7-9-5-3-4-6-10(9)13-11(14)8(2)12-7;1-2;/h3-8,12H,1-2H3,(H,13,14);1-2H3;/q;;+1/p-1. The molecule has 88 valence electrons. The largest absolute Gasteiger partial charge is 1.00 e. The van der Waals surface area contributed by atoms with Crippen molar-refractivity contribution in [1.29, 1.82) is 0 Å². The molecule has 1 aromatic rings. The molecule has 0 fully saturated rings. The van der Waals surface area contributed by atoms with Gasteiger partial charge in [0.15, 0.2) is 0 Å². The van der Waals surface area contributed by atoms with Crippen molar-refractivity contribution < 1.29 is 63.0 Å². The van der Waals surface area contributed by atoms with Gasteiger partial charge in [-0.05, 0) is 19.4 Å². The van der Waals surface area contributed by atoms with Gasteiger partial charge in [0, 0.05) is 12.1 Å². The van der Waals surface area contributed by atoms with E-state index in [0.717, 1.165) is 11.3 Å². The molecule has 1 amide bonds. The SMILES string of the molecule is CC.CC1NC(C)c2ccccc2[N-]C1=O.[Rb+]. The van der Waals surface area contributed by atoms with Crippen molar-refractivity contribution >= 4 is 11.6 Å². The van der Waals surface area contributed by atoms with Crippen molar-refractivity contribution in [2.75, 3.05) is 0 Å². The van der Waals surface area contributed by atoms with Gasteiger partial charge in [-0.1, -0.05) is 38.1 Å². The van der Waals surface area contributed by atoms with E-state index in [0.29, 0.717) is 0 Å². The Hall–Kier alpha value is 0.455. The number of nitrogens with one attached hydrogen (secondary N) is 1. The minimum Gasteiger partial charge on any atom is -0.625 e. The summed E-state index contributed by atoms with van der Waals surface area (Å²) < 4.78 is 0. The van der Waals surface area contributed by atoms with Crippen LogP contribution in [-0.4, -0.2) is 11.9 Å². The quantitative estimate of drug-likeness (QED) is 0.749. The molecule has 2 rings (SSSR count). The van der Waals surface area contributed by atoms with E-state index >= 15 is 0 Å². The van der Waals surface area contributed by atoms with E-state index in [4.69, 9.17) is 0 Å². The molecular formula is C13H19N2ORb. The Morgan fingerprint density at radius 2 is 1.71 bits per heavy atom. The molecule has 1 aromatic carbocycles. The van der Waals surface area contributed by atoms with Gasteiger partial charge in [-0.15, -0.1) is 5.69 Å². The van der Waals surface area contributed by atoms with Crippen LogP contribution in [-0.2, 0) is 4.79 Å². The van der Waals surface area contributed by atoms with Crippen LogP contribution in [0.15, 0.2) is 24.3 Å². The van der Waals surface area contributed by atoms with Gasteiger partial charge in [0.2, 0.25) is 0 Å². The van der Waals surface area contributed by atoms with Crippen molar-refractivity contribution in [2.24, 2.45) is 0 Å². The normalized spacial score (nSPS) is 22.0. The molecule has 1 aliphatic heterocycles. The molecular weight excluding hydrogens is 286 g/mol. The fourth-order valence-corrected chi connectivity index (χ4v) is 1.71. The molecule has 0 saturated carbocycles. The number of amides is 1. The first-order valence-corrected chi connectivity index (χ1v) is 5.79. The molecule has 0 bridgehead atoms. The van der Waals surface area contributed by atoms with Crippen molar-refractivity contribution in [3.05, 3.63) is 35.1 Å². The zero-order valence-electron chi connectivity index (χ0n) is 11.3. The second-order valence-electron chi connectivity index (χ2n) is 3.62. The van der Waals surface area contributed by atoms with Gasteiger partial charge in [-0.2, -0.15) is 0 Å². The Balaban J connectivity index is 0.000000811. The average molecular weight is 305 g/mol. The molecule has 1 aliphatic rings. The number of para-hydroxylation sites is 1. The van der Waals surface area contributed by atoms with E-state index in [-0.39, 0.29) is 76.2 Å². The van der Waals surface area contributed by atoms with Crippen LogP contribution < -0.4 is 63.5 Å². The molecule has 2 atom stereocenters. The molecule has 2 unspecified atom stereocenters. The number of nitrogens with zero attached hydrogens (tertiary/aromatic N) is 1. The van der Waals surface area contributed by atoms with Crippen LogP contribution >= 0.6 is 0 Å². The van der Waals surface area contributed by atoms with E-state index in [9.17, 15) is 4.79 Å². The fraction of sp³-hybridized carbons (Fsp3) is 0.462. The summed E-state index contributed by atoms with van der Waals surface area (Å²) >= 11 is 0. The molecule has 1 heterocycles. The first-order valence-electron chi connectivity index (χ1n) is 5.79. The molecule has 0 aliphatic carbocycles. The number of hydrogen-bond acceptors (Lipinski definition) is 2. The van der Waals surface area contributed by atoms with Gasteiger partial charge >= 0.3 is 58.2 Å². The smallest absolute Gasteiger partial charge is 0.625 e. The van der Waals surface area contributed by atoms with E-state index < -0.39 is 0 Å². The summed E-state index contributed by atoms with van der Waals surface area (Å²) in [5.74, 6) is -0.0956. The third-order valence-corrected chi connectivity index (χ3v) is 2.50. The summed E-state index contributed by atoms with van der Waals surface area (Å²) in [6, 6.07) is 7.73. The van der Waals surface area contributed by atoms with Crippen molar-refractivity contribution in [2.45, 2.75) is 39.8 Å². The summed E-state index contributed by atoms with van der Waals surface area (Å²) in [6.45, 7) is 7.89. The van der Waals surface area contributed by atoms with E-state index in [1.54, 1.807) is 0 Å².